The summed E-state index contributed by atoms with van der Waals surface area (Å²) in [4.78, 5) is 21.9. The second kappa shape index (κ2) is 7.89. The molecule has 1 aromatic carbocycles. The zero-order chi connectivity index (χ0) is 20.8. The van der Waals surface area contributed by atoms with Gasteiger partial charge >= 0.3 is 0 Å². The molecule has 2 atom stereocenters. The predicted molar refractivity (Wildman–Crippen MR) is 120 cm³/mol. The third-order valence-corrected chi connectivity index (χ3v) is 7.02. The average molecular weight is 436 g/mol. The highest BCUT2D eigenvalue weighted by molar-refractivity contribution is 6.28. The number of nitrogens with zero attached hydrogens (tertiary/aromatic N) is 5. The fourth-order valence-corrected chi connectivity index (χ4v) is 5.61. The van der Waals surface area contributed by atoms with Gasteiger partial charge in [-0.05, 0) is 35.6 Å². The number of benzene rings is 1. The monoisotopic (exact) mass is 435 g/mol. The summed E-state index contributed by atoms with van der Waals surface area (Å²) in [6, 6.07) is 9.62. The van der Waals surface area contributed by atoms with Crippen molar-refractivity contribution in [1.29, 1.82) is 0 Å². The molecule has 160 valence electrons. The molecule has 31 heavy (non-hydrogen) atoms. The number of imidazole rings is 1. The summed E-state index contributed by atoms with van der Waals surface area (Å²) in [6.45, 7) is 4.44. The van der Waals surface area contributed by atoms with E-state index < -0.39 is 0 Å². The lowest BCUT2D eigenvalue weighted by Gasteiger charge is -2.35. The quantitative estimate of drug-likeness (QED) is 0.614. The molecule has 0 amide bonds. The van der Waals surface area contributed by atoms with Crippen molar-refractivity contribution in [2.24, 2.45) is 0 Å². The van der Waals surface area contributed by atoms with Gasteiger partial charge in [0.1, 0.15) is 11.6 Å². The molecule has 7 nitrogen and oxygen atoms in total. The van der Waals surface area contributed by atoms with Crippen molar-refractivity contribution < 1.29 is 0 Å². The minimum atomic E-state index is 0.323. The average Bonchev–Trinajstić information content (AvgIpc) is 3.52. The van der Waals surface area contributed by atoms with Crippen molar-refractivity contribution in [3.8, 4) is 0 Å². The number of H-pyrrole nitrogens is 1. The number of hydrogen-bond donors (Lipinski definition) is 2. The van der Waals surface area contributed by atoms with Gasteiger partial charge < -0.3 is 15.2 Å². The first-order chi connectivity index (χ1) is 15.2. The summed E-state index contributed by atoms with van der Waals surface area (Å²) in [5.41, 5.74) is 5.28. The van der Waals surface area contributed by atoms with Gasteiger partial charge in [0.2, 0.25) is 5.28 Å². The molecule has 8 heteroatoms. The maximum atomic E-state index is 6.39. The van der Waals surface area contributed by atoms with Crippen molar-refractivity contribution in [3.05, 3.63) is 70.2 Å². The van der Waals surface area contributed by atoms with Gasteiger partial charge in [0, 0.05) is 69.2 Å². The Kier molecular flexibility index (Phi) is 4.89. The van der Waals surface area contributed by atoms with Crippen LogP contribution in [0, 0.1) is 0 Å². The SMILES string of the molecule is Clc1nc2c(c(N3CCN[C@@H](Cc4ncc[nH]4)C3)n1)CN(C1CCc3ccccc31)C2. The second-order valence-electron chi connectivity index (χ2n) is 8.74. The Morgan fingerprint density at radius 3 is 3.00 bits per heavy atom. The molecule has 4 heterocycles. The van der Waals surface area contributed by atoms with Gasteiger partial charge in [-0.3, -0.25) is 4.90 Å². The maximum Gasteiger partial charge on any atom is 0.224 e. The van der Waals surface area contributed by atoms with Crippen LogP contribution < -0.4 is 10.2 Å². The zero-order valence-corrected chi connectivity index (χ0v) is 18.1. The van der Waals surface area contributed by atoms with Gasteiger partial charge in [-0.15, -0.1) is 0 Å². The van der Waals surface area contributed by atoms with Crippen molar-refractivity contribution in [3.63, 3.8) is 0 Å². The lowest BCUT2D eigenvalue weighted by atomic mass is 10.1. The lowest BCUT2D eigenvalue weighted by Crippen LogP contribution is -2.52. The molecule has 1 fully saturated rings. The molecule has 1 unspecified atom stereocenters. The molecular formula is C23H26ClN7. The van der Waals surface area contributed by atoms with Crippen LogP contribution in [0.1, 0.15) is 40.7 Å². The fourth-order valence-electron chi connectivity index (χ4n) is 5.43. The van der Waals surface area contributed by atoms with E-state index in [1.807, 2.05) is 12.4 Å². The summed E-state index contributed by atoms with van der Waals surface area (Å²) >= 11 is 6.39. The number of rotatable bonds is 4. The van der Waals surface area contributed by atoms with Crippen molar-refractivity contribution in [1.82, 2.24) is 30.2 Å². The number of fused-ring (bicyclic) bond motifs is 2. The molecule has 1 saturated heterocycles. The second-order valence-corrected chi connectivity index (χ2v) is 9.07. The highest BCUT2D eigenvalue weighted by Crippen LogP contribution is 2.41. The molecule has 0 bridgehead atoms. The highest BCUT2D eigenvalue weighted by atomic mass is 35.5. The van der Waals surface area contributed by atoms with Crippen LogP contribution in [0.5, 0.6) is 0 Å². The van der Waals surface area contributed by atoms with E-state index in [4.69, 9.17) is 16.6 Å². The molecule has 2 aliphatic heterocycles. The summed E-state index contributed by atoms with van der Waals surface area (Å²) in [5, 5.41) is 3.97. The molecule has 1 aliphatic carbocycles. The van der Waals surface area contributed by atoms with Crippen LogP contribution in [0.15, 0.2) is 36.7 Å². The van der Waals surface area contributed by atoms with Crippen LogP contribution in [-0.2, 0) is 25.9 Å². The Balaban J connectivity index is 1.25. The molecule has 0 saturated carbocycles. The van der Waals surface area contributed by atoms with E-state index >= 15 is 0 Å². The van der Waals surface area contributed by atoms with Crippen molar-refractivity contribution in [2.75, 3.05) is 24.5 Å². The largest absolute Gasteiger partial charge is 0.353 e. The van der Waals surface area contributed by atoms with E-state index in [-0.39, 0.29) is 0 Å². The van der Waals surface area contributed by atoms with Crippen LogP contribution in [0.2, 0.25) is 5.28 Å². The van der Waals surface area contributed by atoms with E-state index in [9.17, 15) is 0 Å². The standard InChI is InChI=1S/C23H26ClN7/c24-23-28-19-14-31(20-6-5-15-3-1-2-4-17(15)20)13-18(19)22(29-23)30-10-9-25-16(12-30)11-21-26-7-8-27-21/h1-4,7-8,16,20,25H,5-6,9-14H2,(H,26,27)/t16-,20?/m0/s1. The minimum Gasteiger partial charge on any atom is -0.353 e. The maximum absolute atomic E-state index is 6.39. The Hall–Kier alpha value is -2.48. The lowest BCUT2D eigenvalue weighted by molar-refractivity contribution is 0.199. The van der Waals surface area contributed by atoms with Crippen LogP contribution in [0.25, 0.3) is 0 Å². The van der Waals surface area contributed by atoms with Crippen LogP contribution >= 0.6 is 11.6 Å². The Morgan fingerprint density at radius 1 is 1.16 bits per heavy atom. The van der Waals surface area contributed by atoms with E-state index in [0.717, 1.165) is 62.9 Å². The van der Waals surface area contributed by atoms with Gasteiger partial charge in [0.25, 0.3) is 0 Å². The molecule has 2 aromatic heterocycles. The van der Waals surface area contributed by atoms with E-state index in [2.05, 4.69) is 54.3 Å². The van der Waals surface area contributed by atoms with E-state index in [1.54, 1.807) is 0 Å². The topological polar surface area (TPSA) is 73.0 Å². The summed E-state index contributed by atoms with van der Waals surface area (Å²) < 4.78 is 0. The number of halogens is 1. The fraction of sp³-hybridized carbons (Fsp3) is 0.435. The van der Waals surface area contributed by atoms with Gasteiger partial charge in [-0.25, -0.2) is 15.0 Å². The van der Waals surface area contributed by atoms with Crippen molar-refractivity contribution >= 4 is 17.4 Å². The Bertz CT molecular complexity index is 1080. The smallest absolute Gasteiger partial charge is 0.224 e. The molecule has 2 N–H and O–H groups in total. The Labute approximate surface area is 186 Å². The summed E-state index contributed by atoms with van der Waals surface area (Å²) in [6.07, 6.45) is 6.88. The summed E-state index contributed by atoms with van der Waals surface area (Å²) in [5.74, 6) is 2.02. The molecular weight excluding hydrogens is 410 g/mol. The van der Waals surface area contributed by atoms with Crippen LogP contribution in [0.3, 0.4) is 0 Å². The zero-order valence-electron chi connectivity index (χ0n) is 17.4. The summed E-state index contributed by atoms with van der Waals surface area (Å²) in [7, 11) is 0. The molecule has 0 spiro atoms. The minimum absolute atomic E-state index is 0.323. The molecule has 0 radical (unpaired) electrons. The number of aromatic nitrogens is 4. The third-order valence-electron chi connectivity index (χ3n) is 6.85. The first kappa shape index (κ1) is 19.2. The number of aryl methyl sites for hydroxylation is 1. The molecule has 3 aliphatic rings. The predicted octanol–water partition coefficient (Wildman–Crippen LogP) is 2.88. The van der Waals surface area contributed by atoms with E-state index in [0.29, 0.717) is 17.4 Å². The van der Waals surface area contributed by atoms with E-state index in [1.165, 1.54) is 23.1 Å². The van der Waals surface area contributed by atoms with Gasteiger partial charge in [-0.1, -0.05) is 24.3 Å². The normalized spacial score (nSPS) is 23.2. The van der Waals surface area contributed by atoms with Gasteiger partial charge in [0.05, 0.1) is 5.69 Å². The van der Waals surface area contributed by atoms with Crippen molar-refractivity contribution in [2.45, 2.75) is 44.4 Å². The first-order valence-electron chi connectivity index (χ1n) is 11.1. The Morgan fingerprint density at radius 2 is 2.10 bits per heavy atom. The molecule has 6 rings (SSSR count). The van der Waals surface area contributed by atoms with Gasteiger partial charge in [-0.2, -0.15) is 0 Å². The number of piperazine rings is 1. The van der Waals surface area contributed by atoms with Crippen LogP contribution in [0.4, 0.5) is 5.82 Å². The number of aromatic amines is 1. The first-order valence-corrected chi connectivity index (χ1v) is 11.5. The molecule has 3 aromatic rings. The number of hydrogen-bond acceptors (Lipinski definition) is 6. The van der Waals surface area contributed by atoms with Crippen LogP contribution in [-0.4, -0.2) is 50.5 Å². The van der Waals surface area contributed by atoms with Gasteiger partial charge in [0.15, 0.2) is 0 Å². The number of nitrogens with one attached hydrogen (secondary N) is 2. The third kappa shape index (κ3) is 3.60. The highest BCUT2D eigenvalue weighted by Gasteiger charge is 2.35. The number of anilines is 1.